The van der Waals surface area contributed by atoms with Crippen LogP contribution in [0, 0.1) is 11.3 Å². The van der Waals surface area contributed by atoms with E-state index >= 15 is 0 Å². The minimum atomic E-state index is 0.447. The molecule has 1 unspecified atom stereocenters. The fraction of sp³-hybridized carbons (Fsp3) is 1.00. The van der Waals surface area contributed by atoms with Crippen molar-refractivity contribution in [2.75, 3.05) is 13.6 Å². The molecule has 11 heavy (non-hydrogen) atoms. The predicted octanol–water partition coefficient (Wildman–Crippen LogP) is 2.91. The molecular weight excluding hydrogens is 134 g/mol. The Labute approximate surface area is 72.6 Å². The molecule has 0 rings (SSSR count). The van der Waals surface area contributed by atoms with Gasteiger partial charge in [-0.1, -0.05) is 41.5 Å². The summed E-state index contributed by atoms with van der Waals surface area (Å²) in [6, 6.07) is 0. The van der Waals surface area contributed by atoms with Crippen molar-refractivity contribution in [3.05, 3.63) is 0 Å². The summed E-state index contributed by atoms with van der Waals surface area (Å²) in [6.45, 7) is 14.2. The normalized spacial score (nSPS) is 13.4. The van der Waals surface area contributed by atoms with Crippen molar-refractivity contribution >= 4 is 0 Å². The Balaban J connectivity index is 0. The minimum Gasteiger partial charge on any atom is -0.319 e. The maximum Gasteiger partial charge on any atom is -0.00212 e. The summed E-state index contributed by atoms with van der Waals surface area (Å²) < 4.78 is 0. The topological polar surface area (TPSA) is 12.0 Å². The average molecular weight is 159 g/mol. The summed E-state index contributed by atoms with van der Waals surface area (Å²) >= 11 is 0. The maximum absolute atomic E-state index is 3.17. The Morgan fingerprint density at radius 3 is 1.64 bits per heavy atom. The molecule has 0 bridgehead atoms. The van der Waals surface area contributed by atoms with Gasteiger partial charge in [-0.2, -0.15) is 0 Å². The predicted molar refractivity (Wildman–Crippen MR) is 53.9 cm³/mol. The van der Waals surface area contributed by atoms with Crippen LogP contribution >= 0.6 is 0 Å². The zero-order valence-corrected chi connectivity index (χ0v) is 9.28. The Morgan fingerprint density at radius 2 is 1.55 bits per heavy atom. The van der Waals surface area contributed by atoms with Crippen LogP contribution in [0.3, 0.4) is 0 Å². The molecule has 0 heterocycles. The largest absolute Gasteiger partial charge is 0.319 e. The van der Waals surface area contributed by atoms with Gasteiger partial charge in [0.15, 0.2) is 0 Å². The monoisotopic (exact) mass is 159 g/mol. The molecule has 0 aromatic heterocycles. The lowest BCUT2D eigenvalue weighted by molar-refractivity contribution is 0.257. The van der Waals surface area contributed by atoms with E-state index in [9.17, 15) is 0 Å². The van der Waals surface area contributed by atoms with E-state index in [2.05, 4.69) is 33.0 Å². The van der Waals surface area contributed by atoms with Gasteiger partial charge < -0.3 is 5.32 Å². The third kappa shape index (κ3) is 7.86. The standard InChI is InChI=1S/C8H19N.C2H6/c1-7(6-9-5)8(2,3)4;1-2/h7,9H,6H2,1-5H3;1-2H3. The van der Waals surface area contributed by atoms with Crippen molar-refractivity contribution in [2.45, 2.75) is 41.5 Å². The minimum absolute atomic E-state index is 0.447. The van der Waals surface area contributed by atoms with E-state index in [1.54, 1.807) is 0 Å². The van der Waals surface area contributed by atoms with Gasteiger partial charge in [-0.05, 0) is 24.9 Å². The number of rotatable bonds is 2. The molecule has 0 aliphatic heterocycles. The molecular formula is C10H25N. The first-order valence-corrected chi connectivity index (χ1v) is 4.63. The van der Waals surface area contributed by atoms with Gasteiger partial charge in [0.1, 0.15) is 0 Å². The van der Waals surface area contributed by atoms with Crippen molar-refractivity contribution in [3.63, 3.8) is 0 Å². The molecule has 1 nitrogen and oxygen atoms in total. The second-order valence-electron chi connectivity index (χ2n) is 3.82. The van der Waals surface area contributed by atoms with Crippen LogP contribution in [-0.2, 0) is 0 Å². The molecule has 0 aromatic rings. The molecule has 0 aliphatic carbocycles. The molecule has 0 saturated heterocycles. The molecule has 0 amide bonds. The molecule has 0 radical (unpaired) electrons. The summed E-state index contributed by atoms with van der Waals surface area (Å²) in [7, 11) is 2.00. The van der Waals surface area contributed by atoms with Crippen LogP contribution in [0.15, 0.2) is 0 Å². The van der Waals surface area contributed by atoms with Gasteiger partial charge in [0.25, 0.3) is 0 Å². The Bertz CT molecular complexity index is 71.4. The van der Waals surface area contributed by atoms with Crippen molar-refractivity contribution in [2.24, 2.45) is 11.3 Å². The van der Waals surface area contributed by atoms with Gasteiger partial charge in [0.05, 0.1) is 0 Å². The van der Waals surface area contributed by atoms with E-state index in [0.717, 1.165) is 12.5 Å². The fourth-order valence-electron chi connectivity index (χ4n) is 0.612. The third-order valence-electron chi connectivity index (χ3n) is 1.99. The van der Waals surface area contributed by atoms with Crippen LogP contribution in [-0.4, -0.2) is 13.6 Å². The number of nitrogens with one attached hydrogen (secondary N) is 1. The molecule has 0 spiro atoms. The lowest BCUT2D eigenvalue weighted by Crippen LogP contribution is -2.27. The van der Waals surface area contributed by atoms with Crippen LogP contribution < -0.4 is 5.32 Å². The molecule has 0 saturated carbocycles. The highest BCUT2D eigenvalue weighted by atomic mass is 14.8. The number of hydrogen-bond donors (Lipinski definition) is 1. The molecule has 0 fully saturated rings. The second-order valence-corrected chi connectivity index (χ2v) is 3.82. The van der Waals surface area contributed by atoms with Gasteiger partial charge in [-0.25, -0.2) is 0 Å². The van der Waals surface area contributed by atoms with Crippen LogP contribution in [0.25, 0.3) is 0 Å². The smallest absolute Gasteiger partial charge is 0.00212 e. The zero-order valence-electron chi connectivity index (χ0n) is 9.28. The van der Waals surface area contributed by atoms with Crippen LogP contribution in [0.4, 0.5) is 0 Å². The maximum atomic E-state index is 3.17. The quantitative estimate of drug-likeness (QED) is 0.653. The fourth-order valence-corrected chi connectivity index (χ4v) is 0.612. The van der Waals surface area contributed by atoms with Gasteiger partial charge >= 0.3 is 0 Å². The van der Waals surface area contributed by atoms with E-state index in [0.29, 0.717) is 5.41 Å². The van der Waals surface area contributed by atoms with Gasteiger partial charge in [-0.3, -0.25) is 0 Å². The first-order chi connectivity index (χ1) is 4.98. The Morgan fingerprint density at radius 1 is 1.18 bits per heavy atom. The molecule has 1 atom stereocenters. The molecule has 0 aliphatic rings. The Kier molecular flexibility index (Phi) is 8.20. The third-order valence-corrected chi connectivity index (χ3v) is 1.99. The second kappa shape index (κ2) is 6.66. The zero-order chi connectivity index (χ0) is 9.49. The molecule has 1 N–H and O–H groups in total. The molecule has 70 valence electrons. The van der Waals surface area contributed by atoms with Crippen LogP contribution in [0.5, 0.6) is 0 Å². The van der Waals surface area contributed by atoms with E-state index < -0.39 is 0 Å². The first-order valence-electron chi connectivity index (χ1n) is 4.63. The lowest BCUT2D eigenvalue weighted by Gasteiger charge is -2.26. The summed E-state index contributed by atoms with van der Waals surface area (Å²) in [5.41, 5.74) is 0.447. The summed E-state index contributed by atoms with van der Waals surface area (Å²) in [6.07, 6.45) is 0. The van der Waals surface area contributed by atoms with Gasteiger partial charge in [0.2, 0.25) is 0 Å². The van der Waals surface area contributed by atoms with Crippen molar-refractivity contribution < 1.29 is 0 Å². The van der Waals surface area contributed by atoms with E-state index in [1.807, 2.05) is 20.9 Å². The van der Waals surface area contributed by atoms with E-state index in [1.165, 1.54) is 0 Å². The number of hydrogen-bond acceptors (Lipinski definition) is 1. The van der Waals surface area contributed by atoms with Gasteiger partial charge in [-0.15, -0.1) is 0 Å². The van der Waals surface area contributed by atoms with Crippen LogP contribution in [0.2, 0.25) is 0 Å². The van der Waals surface area contributed by atoms with Gasteiger partial charge in [0, 0.05) is 0 Å². The lowest BCUT2D eigenvalue weighted by atomic mass is 9.82. The SMILES string of the molecule is CC.CNCC(C)C(C)(C)C. The first kappa shape index (κ1) is 13.5. The Hall–Kier alpha value is -0.0400. The average Bonchev–Trinajstić information content (AvgIpc) is 1.91. The highest BCUT2D eigenvalue weighted by Gasteiger charge is 2.18. The summed E-state index contributed by atoms with van der Waals surface area (Å²) in [5, 5.41) is 3.17. The summed E-state index contributed by atoms with van der Waals surface area (Å²) in [4.78, 5) is 0. The molecule has 1 heteroatoms. The van der Waals surface area contributed by atoms with Crippen LogP contribution in [0.1, 0.15) is 41.5 Å². The highest BCUT2D eigenvalue weighted by molar-refractivity contribution is 4.70. The van der Waals surface area contributed by atoms with E-state index in [-0.39, 0.29) is 0 Å². The molecule has 0 aromatic carbocycles. The summed E-state index contributed by atoms with van der Waals surface area (Å²) in [5.74, 6) is 0.752. The van der Waals surface area contributed by atoms with Crippen molar-refractivity contribution in [1.29, 1.82) is 0 Å². The highest BCUT2D eigenvalue weighted by Crippen LogP contribution is 2.23. The van der Waals surface area contributed by atoms with Crippen molar-refractivity contribution in [3.8, 4) is 0 Å². The van der Waals surface area contributed by atoms with E-state index in [4.69, 9.17) is 0 Å². The van der Waals surface area contributed by atoms with Crippen molar-refractivity contribution in [1.82, 2.24) is 5.32 Å².